The van der Waals surface area contributed by atoms with Crippen LogP contribution in [0.25, 0.3) is 0 Å². The van der Waals surface area contributed by atoms with E-state index in [9.17, 15) is 9.59 Å². The fourth-order valence-corrected chi connectivity index (χ4v) is 3.37. The number of nitrogens with zero attached hydrogens (tertiary/aromatic N) is 1. The summed E-state index contributed by atoms with van der Waals surface area (Å²) in [5, 5.41) is 3.71. The minimum Gasteiger partial charge on any atom is -0.355 e. The van der Waals surface area contributed by atoms with Crippen molar-refractivity contribution in [3.05, 3.63) is 69.2 Å². The van der Waals surface area contributed by atoms with E-state index in [1.54, 1.807) is 25.1 Å². The van der Waals surface area contributed by atoms with E-state index in [1.807, 2.05) is 38.1 Å². The molecule has 2 amide bonds. The molecule has 0 aliphatic carbocycles. The molecule has 0 radical (unpaired) electrons. The minimum atomic E-state index is -0.644. The van der Waals surface area contributed by atoms with Crippen molar-refractivity contribution in [1.82, 2.24) is 10.2 Å². The van der Waals surface area contributed by atoms with Gasteiger partial charge in [-0.15, -0.1) is 0 Å². The first kappa shape index (κ1) is 21.3. The molecule has 2 aromatic rings. The van der Waals surface area contributed by atoms with E-state index < -0.39 is 6.04 Å². The van der Waals surface area contributed by atoms with Gasteiger partial charge in [0.1, 0.15) is 6.04 Å². The quantitative estimate of drug-likeness (QED) is 0.740. The van der Waals surface area contributed by atoms with Crippen LogP contribution >= 0.6 is 23.2 Å². The average molecular weight is 407 g/mol. The zero-order valence-corrected chi connectivity index (χ0v) is 17.3. The van der Waals surface area contributed by atoms with Crippen molar-refractivity contribution in [2.45, 2.75) is 39.8 Å². The van der Waals surface area contributed by atoms with Crippen LogP contribution in [0.1, 0.15) is 30.5 Å². The molecule has 0 fully saturated rings. The molecule has 0 spiro atoms. The van der Waals surface area contributed by atoms with Gasteiger partial charge in [0, 0.05) is 28.7 Å². The van der Waals surface area contributed by atoms with Crippen molar-refractivity contribution in [1.29, 1.82) is 0 Å². The van der Waals surface area contributed by atoms with Crippen LogP contribution in [0.4, 0.5) is 0 Å². The fraction of sp³-hybridized carbons (Fsp3) is 0.333. The summed E-state index contributed by atoms with van der Waals surface area (Å²) in [6.45, 7) is 6.20. The Morgan fingerprint density at radius 3 is 2.33 bits per heavy atom. The minimum absolute atomic E-state index is 0.157. The molecule has 0 aromatic heterocycles. The molecule has 27 heavy (non-hydrogen) atoms. The van der Waals surface area contributed by atoms with Crippen LogP contribution in [-0.2, 0) is 22.6 Å². The highest BCUT2D eigenvalue weighted by Crippen LogP contribution is 2.26. The maximum atomic E-state index is 13.1. The monoisotopic (exact) mass is 406 g/mol. The fourth-order valence-electron chi connectivity index (χ4n) is 2.86. The lowest BCUT2D eigenvalue weighted by molar-refractivity contribution is -0.140. The van der Waals surface area contributed by atoms with Gasteiger partial charge in [-0.3, -0.25) is 9.59 Å². The summed E-state index contributed by atoms with van der Waals surface area (Å²) < 4.78 is 0. The first-order valence-electron chi connectivity index (χ1n) is 8.89. The molecule has 2 aromatic carbocycles. The van der Waals surface area contributed by atoms with E-state index in [4.69, 9.17) is 23.2 Å². The molecule has 0 aliphatic heterocycles. The molecule has 0 saturated carbocycles. The van der Waals surface area contributed by atoms with Crippen molar-refractivity contribution in [2.75, 3.05) is 6.54 Å². The van der Waals surface area contributed by atoms with Crippen molar-refractivity contribution in [3.8, 4) is 0 Å². The summed E-state index contributed by atoms with van der Waals surface area (Å²) >= 11 is 12.6. The van der Waals surface area contributed by atoms with Crippen LogP contribution in [-0.4, -0.2) is 29.3 Å². The molecule has 2 rings (SSSR count). The van der Waals surface area contributed by atoms with E-state index in [-0.39, 0.29) is 24.8 Å². The van der Waals surface area contributed by atoms with Gasteiger partial charge >= 0.3 is 0 Å². The molecule has 6 heteroatoms. The Kier molecular flexibility index (Phi) is 7.69. The van der Waals surface area contributed by atoms with Gasteiger partial charge < -0.3 is 10.2 Å². The Morgan fingerprint density at radius 1 is 1.11 bits per heavy atom. The number of amides is 2. The Hall–Kier alpha value is -2.04. The van der Waals surface area contributed by atoms with Crippen LogP contribution in [0.5, 0.6) is 0 Å². The van der Waals surface area contributed by atoms with E-state index >= 15 is 0 Å². The third-order valence-electron chi connectivity index (χ3n) is 4.35. The standard InChI is InChI=1S/C21H24Cl2N2O2/c1-4-24-21(27)15(3)25(13-17-18(22)9-6-10-19(17)23)20(26)12-16-8-5-7-14(2)11-16/h5-11,15H,4,12-13H2,1-3H3,(H,24,27). The number of hydrogen-bond acceptors (Lipinski definition) is 2. The Labute approximate surface area is 170 Å². The average Bonchev–Trinajstić information content (AvgIpc) is 2.61. The van der Waals surface area contributed by atoms with Gasteiger partial charge in [-0.2, -0.15) is 0 Å². The van der Waals surface area contributed by atoms with E-state index in [1.165, 1.54) is 4.90 Å². The number of aryl methyl sites for hydroxylation is 1. The first-order chi connectivity index (χ1) is 12.8. The summed E-state index contributed by atoms with van der Waals surface area (Å²) in [5.74, 6) is -0.367. The third kappa shape index (κ3) is 5.72. The molecule has 0 heterocycles. The summed E-state index contributed by atoms with van der Waals surface area (Å²) in [4.78, 5) is 27.0. The highest BCUT2D eigenvalue weighted by atomic mass is 35.5. The smallest absolute Gasteiger partial charge is 0.242 e. The van der Waals surface area contributed by atoms with Crippen LogP contribution in [0.15, 0.2) is 42.5 Å². The van der Waals surface area contributed by atoms with Gasteiger partial charge in [0.05, 0.1) is 6.42 Å². The van der Waals surface area contributed by atoms with E-state index in [2.05, 4.69) is 5.32 Å². The van der Waals surface area contributed by atoms with Gasteiger partial charge in [0.25, 0.3) is 0 Å². The Morgan fingerprint density at radius 2 is 1.74 bits per heavy atom. The summed E-state index contributed by atoms with van der Waals surface area (Å²) in [7, 11) is 0. The number of halogens is 2. The zero-order chi connectivity index (χ0) is 20.0. The van der Waals surface area contributed by atoms with Crippen LogP contribution < -0.4 is 5.32 Å². The highest BCUT2D eigenvalue weighted by molar-refractivity contribution is 6.36. The van der Waals surface area contributed by atoms with Crippen molar-refractivity contribution >= 4 is 35.0 Å². The lowest BCUT2D eigenvalue weighted by Gasteiger charge is -2.29. The topological polar surface area (TPSA) is 49.4 Å². The lowest BCUT2D eigenvalue weighted by Crippen LogP contribution is -2.48. The molecular weight excluding hydrogens is 383 g/mol. The second kappa shape index (κ2) is 9.77. The van der Waals surface area contributed by atoms with E-state index in [0.717, 1.165) is 11.1 Å². The van der Waals surface area contributed by atoms with Crippen LogP contribution in [0, 0.1) is 6.92 Å². The molecule has 1 atom stereocenters. The number of nitrogens with one attached hydrogen (secondary N) is 1. The van der Waals surface area contributed by atoms with Gasteiger partial charge in [-0.1, -0.05) is 59.1 Å². The van der Waals surface area contributed by atoms with Crippen molar-refractivity contribution < 1.29 is 9.59 Å². The molecular formula is C21H24Cl2N2O2. The lowest BCUT2D eigenvalue weighted by atomic mass is 10.1. The maximum Gasteiger partial charge on any atom is 0.242 e. The number of carbonyl (C=O) groups is 2. The van der Waals surface area contributed by atoms with Gasteiger partial charge in [0.2, 0.25) is 11.8 Å². The van der Waals surface area contributed by atoms with Gasteiger partial charge in [-0.25, -0.2) is 0 Å². The maximum absolute atomic E-state index is 13.1. The highest BCUT2D eigenvalue weighted by Gasteiger charge is 2.27. The first-order valence-corrected chi connectivity index (χ1v) is 9.64. The molecule has 1 unspecified atom stereocenters. The third-order valence-corrected chi connectivity index (χ3v) is 5.05. The number of likely N-dealkylation sites (N-methyl/N-ethyl adjacent to an activating group) is 1. The van der Waals surface area contributed by atoms with Gasteiger partial charge in [-0.05, 0) is 38.5 Å². The number of benzene rings is 2. The predicted molar refractivity (Wildman–Crippen MR) is 110 cm³/mol. The SMILES string of the molecule is CCNC(=O)C(C)N(Cc1c(Cl)cccc1Cl)C(=O)Cc1cccc(C)c1. The van der Waals surface area contributed by atoms with Gasteiger partial charge in [0.15, 0.2) is 0 Å². The molecule has 0 aliphatic rings. The zero-order valence-electron chi connectivity index (χ0n) is 15.8. The van der Waals surface area contributed by atoms with E-state index in [0.29, 0.717) is 22.2 Å². The normalized spacial score (nSPS) is 11.7. The summed E-state index contributed by atoms with van der Waals surface area (Å²) in [5.41, 5.74) is 2.62. The van der Waals surface area contributed by atoms with Crippen LogP contribution in [0.2, 0.25) is 10.0 Å². The van der Waals surface area contributed by atoms with Crippen molar-refractivity contribution in [2.24, 2.45) is 0 Å². The van der Waals surface area contributed by atoms with Crippen molar-refractivity contribution in [3.63, 3.8) is 0 Å². The summed E-state index contributed by atoms with van der Waals surface area (Å²) in [6.07, 6.45) is 0.202. The largest absolute Gasteiger partial charge is 0.355 e. The van der Waals surface area contributed by atoms with Crippen LogP contribution in [0.3, 0.4) is 0 Å². The number of carbonyl (C=O) groups excluding carboxylic acids is 2. The molecule has 1 N–H and O–H groups in total. The Bertz CT molecular complexity index is 803. The Balaban J connectivity index is 2.31. The molecule has 0 saturated heterocycles. The summed E-state index contributed by atoms with van der Waals surface area (Å²) in [6, 6.07) is 12.3. The predicted octanol–water partition coefficient (Wildman–Crippen LogP) is 4.40. The molecule has 4 nitrogen and oxygen atoms in total. The molecule has 144 valence electrons. The second-order valence-corrected chi connectivity index (χ2v) is 7.27. The second-order valence-electron chi connectivity index (χ2n) is 6.46. The molecule has 0 bridgehead atoms. The number of hydrogen-bond donors (Lipinski definition) is 1. The number of rotatable bonds is 7.